The van der Waals surface area contributed by atoms with Gasteiger partial charge in [-0.3, -0.25) is 4.79 Å². The van der Waals surface area contributed by atoms with Crippen LogP contribution in [0.15, 0.2) is 23.1 Å². The maximum atomic E-state index is 13.5. The first-order valence-electron chi connectivity index (χ1n) is 6.04. The fraction of sp³-hybridized carbons (Fsp3) is 0.417. The van der Waals surface area contributed by atoms with Crippen LogP contribution < -0.4 is 10.5 Å². The first kappa shape index (κ1) is 16.5. The standard InChI is InChI=1S/C12H17FN2O4S/c1-2-6-19-7-5-12(16)15-11-8-9(20(14,17)18)3-4-10(11)13/h3-4,8H,2,5-7H2,1H3,(H,15,16)(H2,14,17,18). The molecule has 8 heteroatoms. The predicted molar refractivity (Wildman–Crippen MR) is 72.1 cm³/mol. The van der Waals surface area contributed by atoms with Crippen molar-refractivity contribution in [2.75, 3.05) is 18.5 Å². The third-order valence-corrected chi connectivity index (χ3v) is 3.27. The maximum Gasteiger partial charge on any atom is 0.238 e. The molecule has 20 heavy (non-hydrogen) atoms. The fourth-order valence-electron chi connectivity index (χ4n) is 1.40. The Balaban J connectivity index is 2.69. The minimum atomic E-state index is -3.94. The summed E-state index contributed by atoms with van der Waals surface area (Å²) < 4.78 is 40.9. The van der Waals surface area contributed by atoms with Crippen molar-refractivity contribution in [2.24, 2.45) is 5.14 Å². The van der Waals surface area contributed by atoms with E-state index in [1.54, 1.807) is 0 Å². The highest BCUT2D eigenvalue weighted by Crippen LogP contribution is 2.18. The van der Waals surface area contributed by atoms with E-state index < -0.39 is 21.7 Å². The third kappa shape index (κ3) is 5.24. The van der Waals surface area contributed by atoms with Crippen LogP contribution in [0.1, 0.15) is 19.8 Å². The molecule has 6 nitrogen and oxygen atoms in total. The van der Waals surface area contributed by atoms with Gasteiger partial charge in [0.25, 0.3) is 0 Å². The van der Waals surface area contributed by atoms with Crippen molar-refractivity contribution in [1.82, 2.24) is 0 Å². The van der Waals surface area contributed by atoms with Gasteiger partial charge in [0.2, 0.25) is 15.9 Å². The third-order valence-electron chi connectivity index (χ3n) is 2.36. The molecule has 0 aliphatic heterocycles. The largest absolute Gasteiger partial charge is 0.381 e. The van der Waals surface area contributed by atoms with Crippen LogP contribution in [0.25, 0.3) is 0 Å². The van der Waals surface area contributed by atoms with Crippen LogP contribution in [-0.4, -0.2) is 27.5 Å². The van der Waals surface area contributed by atoms with E-state index in [-0.39, 0.29) is 23.6 Å². The number of carbonyl (C=O) groups excluding carboxylic acids is 1. The number of ether oxygens (including phenoxy) is 1. The number of sulfonamides is 1. The molecule has 1 aromatic carbocycles. The van der Waals surface area contributed by atoms with Crippen LogP contribution in [0.3, 0.4) is 0 Å². The number of halogens is 1. The number of anilines is 1. The van der Waals surface area contributed by atoms with Crippen molar-refractivity contribution in [2.45, 2.75) is 24.7 Å². The molecule has 1 amide bonds. The maximum absolute atomic E-state index is 13.5. The molecule has 0 heterocycles. The molecule has 0 aliphatic carbocycles. The zero-order valence-electron chi connectivity index (χ0n) is 11.1. The van der Waals surface area contributed by atoms with E-state index in [9.17, 15) is 17.6 Å². The van der Waals surface area contributed by atoms with E-state index in [2.05, 4.69) is 5.32 Å². The highest BCUT2D eigenvalue weighted by molar-refractivity contribution is 7.89. The second-order valence-corrected chi connectivity index (χ2v) is 5.66. The number of amides is 1. The molecule has 0 saturated heterocycles. The molecular formula is C12H17FN2O4S. The normalized spacial score (nSPS) is 11.3. The molecule has 0 fully saturated rings. The summed E-state index contributed by atoms with van der Waals surface area (Å²) in [6.07, 6.45) is 0.895. The van der Waals surface area contributed by atoms with Crippen molar-refractivity contribution in [3.8, 4) is 0 Å². The van der Waals surface area contributed by atoms with Gasteiger partial charge in [-0.25, -0.2) is 17.9 Å². The molecule has 1 rings (SSSR count). The van der Waals surface area contributed by atoms with E-state index in [4.69, 9.17) is 9.88 Å². The number of hydrogen-bond donors (Lipinski definition) is 2. The summed E-state index contributed by atoms with van der Waals surface area (Å²) in [7, 11) is -3.94. The lowest BCUT2D eigenvalue weighted by atomic mass is 10.3. The molecule has 112 valence electrons. The summed E-state index contributed by atoms with van der Waals surface area (Å²) in [5.41, 5.74) is -0.225. The average molecular weight is 304 g/mol. The topological polar surface area (TPSA) is 98.5 Å². The van der Waals surface area contributed by atoms with Crippen molar-refractivity contribution < 1.29 is 22.3 Å². The van der Waals surface area contributed by atoms with Crippen LogP contribution >= 0.6 is 0 Å². The van der Waals surface area contributed by atoms with E-state index in [1.165, 1.54) is 0 Å². The average Bonchev–Trinajstić information content (AvgIpc) is 2.36. The lowest BCUT2D eigenvalue weighted by Gasteiger charge is -2.08. The zero-order chi connectivity index (χ0) is 15.2. The molecule has 0 saturated carbocycles. The van der Waals surface area contributed by atoms with Gasteiger partial charge in [0, 0.05) is 6.61 Å². The molecule has 0 spiro atoms. The monoisotopic (exact) mass is 304 g/mol. The predicted octanol–water partition coefficient (Wildman–Crippen LogP) is 1.23. The van der Waals surface area contributed by atoms with Gasteiger partial charge in [-0.1, -0.05) is 6.92 Å². The van der Waals surface area contributed by atoms with Crippen LogP contribution in [0, 0.1) is 5.82 Å². The Bertz CT molecular complexity index is 575. The summed E-state index contributed by atoms with van der Waals surface area (Å²) in [6.45, 7) is 2.70. The second kappa shape index (κ2) is 7.32. The molecule has 0 bridgehead atoms. The Morgan fingerprint density at radius 3 is 2.70 bits per heavy atom. The highest BCUT2D eigenvalue weighted by Gasteiger charge is 2.13. The number of nitrogens with two attached hydrogens (primary N) is 1. The highest BCUT2D eigenvalue weighted by atomic mass is 32.2. The number of hydrogen-bond acceptors (Lipinski definition) is 4. The lowest BCUT2D eigenvalue weighted by molar-refractivity contribution is -0.117. The van der Waals surface area contributed by atoms with Gasteiger partial charge in [0.15, 0.2) is 0 Å². The van der Waals surface area contributed by atoms with Crippen molar-refractivity contribution in [3.05, 3.63) is 24.0 Å². The lowest BCUT2D eigenvalue weighted by Crippen LogP contribution is -2.17. The second-order valence-electron chi connectivity index (χ2n) is 4.10. The number of carbonyl (C=O) groups is 1. The van der Waals surface area contributed by atoms with Gasteiger partial charge in [-0.15, -0.1) is 0 Å². The Labute approximate surface area is 117 Å². The number of primary sulfonamides is 1. The van der Waals surface area contributed by atoms with Crippen LogP contribution in [0.5, 0.6) is 0 Å². The van der Waals surface area contributed by atoms with E-state index >= 15 is 0 Å². The first-order valence-corrected chi connectivity index (χ1v) is 7.59. The molecule has 3 N–H and O–H groups in total. The molecule has 0 unspecified atom stereocenters. The summed E-state index contributed by atoms with van der Waals surface area (Å²) in [4.78, 5) is 11.3. The van der Waals surface area contributed by atoms with Gasteiger partial charge < -0.3 is 10.1 Å². The molecular weight excluding hydrogens is 287 g/mol. The van der Waals surface area contributed by atoms with Gasteiger partial charge in [0.1, 0.15) is 5.82 Å². The molecule has 1 aromatic rings. The molecule has 0 atom stereocenters. The smallest absolute Gasteiger partial charge is 0.238 e. The summed E-state index contributed by atoms with van der Waals surface area (Å²) in [5.74, 6) is -1.20. The Morgan fingerprint density at radius 1 is 1.40 bits per heavy atom. The van der Waals surface area contributed by atoms with Crippen LogP contribution in [-0.2, 0) is 19.6 Å². The van der Waals surface area contributed by atoms with Gasteiger partial charge in [0.05, 0.1) is 23.6 Å². The fourth-order valence-corrected chi connectivity index (χ4v) is 1.94. The zero-order valence-corrected chi connectivity index (χ0v) is 11.9. The van der Waals surface area contributed by atoms with Crippen molar-refractivity contribution in [3.63, 3.8) is 0 Å². The Kier molecular flexibility index (Phi) is 6.05. The van der Waals surface area contributed by atoms with Gasteiger partial charge in [-0.05, 0) is 24.6 Å². The Morgan fingerprint density at radius 2 is 2.10 bits per heavy atom. The van der Waals surface area contributed by atoms with Gasteiger partial charge in [-0.2, -0.15) is 0 Å². The number of benzene rings is 1. The van der Waals surface area contributed by atoms with Crippen molar-refractivity contribution >= 4 is 21.6 Å². The first-order chi connectivity index (χ1) is 9.34. The van der Waals surface area contributed by atoms with Crippen LogP contribution in [0.4, 0.5) is 10.1 Å². The van der Waals surface area contributed by atoms with E-state index in [0.29, 0.717) is 6.61 Å². The summed E-state index contributed by atoms with van der Waals surface area (Å²) in [6, 6.07) is 2.95. The van der Waals surface area contributed by atoms with Crippen LogP contribution in [0.2, 0.25) is 0 Å². The number of nitrogens with one attached hydrogen (secondary N) is 1. The minimum absolute atomic E-state index is 0.0546. The summed E-state index contributed by atoms with van der Waals surface area (Å²) in [5, 5.41) is 7.22. The number of rotatable bonds is 7. The minimum Gasteiger partial charge on any atom is -0.381 e. The quantitative estimate of drug-likeness (QED) is 0.740. The van der Waals surface area contributed by atoms with E-state index in [0.717, 1.165) is 24.6 Å². The molecule has 0 aromatic heterocycles. The Hall–Kier alpha value is -1.51. The van der Waals surface area contributed by atoms with Crippen molar-refractivity contribution in [1.29, 1.82) is 0 Å². The SMILES string of the molecule is CCCOCCC(=O)Nc1cc(S(N)(=O)=O)ccc1F. The molecule has 0 radical (unpaired) electrons. The molecule has 0 aliphatic rings. The van der Waals surface area contributed by atoms with Gasteiger partial charge >= 0.3 is 0 Å². The van der Waals surface area contributed by atoms with E-state index in [1.807, 2.05) is 6.92 Å². The summed E-state index contributed by atoms with van der Waals surface area (Å²) >= 11 is 0.